The lowest BCUT2D eigenvalue weighted by Crippen LogP contribution is -2.49. The van der Waals surface area contributed by atoms with Gasteiger partial charge in [-0.3, -0.25) is 14.5 Å². The molecule has 0 radical (unpaired) electrons. The molecule has 0 saturated carbocycles. The van der Waals surface area contributed by atoms with Crippen LogP contribution in [0.1, 0.15) is 135 Å². The average Bonchev–Trinajstić information content (AvgIpc) is 2.94. The number of amides is 1. The van der Waals surface area contributed by atoms with Crippen molar-refractivity contribution in [3.63, 3.8) is 0 Å². The molecule has 2 unspecified atom stereocenters. The van der Waals surface area contributed by atoms with Gasteiger partial charge >= 0.3 is 5.97 Å². The summed E-state index contributed by atoms with van der Waals surface area (Å²) in [5.74, 6) is -0.664. The van der Waals surface area contributed by atoms with Gasteiger partial charge in [0.2, 0.25) is 11.0 Å². The first kappa shape index (κ1) is 33.9. The predicted octanol–water partition coefficient (Wildman–Crippen LogP) is 8.55. The number of aryl methyl sites for hydroxylation is 1. The van der Waals surface area contributed by atoms with Crippen molar-refractivity contribution in [2.45, 2.75) is 130 Å². The van der Waals surface area contributed by atoms with E-state index in [1.807, 2.05) is 12.1 Å². The number of rotatable bonds is 19. The number of carbonyl (C=O) groups excluding carboxylic acids is 2. The van der Waals surface area contributed by atoms with Gasteiger partial charge in [-0.15, -0.1) is 0 Å². The summed E-state index contributed by atoms with van der Waals surface area (Å²) in [6, 6.07) is 5.31. The van der Waals surface area contributed by atoms with Crippen LogP contribution in [-0.4, -0.2) is 41.3 Å². The van der Waals surface area contributed by atoms with Gasteiger partial charge in [-0.05, 0) is 50.5 Å². The van der Waals surface area contributed by atoms with Crippen LogP contribution in [0.2, 0.25) is 0 Å². The van der Waals surface area contributed by atoms with E-state index >= 15 is 0 Å². The summed E-state index contributed by atoms with van der Waals surface area (Å²) in [7, 11) is 1.63. The van der Waals surface area contributed by atoms with Gasteiger partial charge in [0.1, 0.15) is 11.7 Å². The zero-order valence-corrected chi connectivity index (χ0v) is 26.5. The van der Waals surface area contributed by atoms with Gasteiger partial charge in [0.25, 0.3) is 0 Å². The van der Waals surface area contributed by atoms with Gasteiger partial charge in [0, 0.05) is 17.7 Å². The van der Waals surface area contributed by atoms with Crippen LogP contribution >= 0.6 is 12.2 Å². The lowest BCUT2D eigenvalue weighted by atomic mass is 9.83. The van der Waals surface area contributed by atoms with Gasteiger partial charge in [-0.25, -0.2) is 4.99 Å². The van der Waals surface area contributed by atoms with E-state index < -0.39 is 17.9 Å². The minimum atomic E-state index is -0.746. The second-order valence-corrected chi connectivity index (χ2v) is 11.2. The van der Waals surface area contributed by atoms with Crippen LogP contribution in [0, 0.1) is 5.92 Å². The number of esters is 1. The molecule has 224 valence electrons. The summed E-state index contributed by atoms with van der Waals surface area (Å²) >= 11 is 5.57. The van der Waals surface area contributed by atoms with Crippen LogP contribution in [0.5, 0.6) is 5.75 Å². The molecule has 1 amide bonds. The zero-order valence-electron chi connectivity index (χ0n) is 25.6. The third kappa shape index (κ3) is 9.97. The molecule has 0 bridgehead atoms. The number of nitrogens with zero attached hydrogens (tertiary/aromatic N) is 2. The summed E-state index contributed by atoms with van der Waals surface area (Å²) in [5.41, 5.74) is 2.47. The maximum Gasteiger partial charge on any atom is 0.317 e. The van der Waals surface area contributed by atoms with Crippen molar-refractivity contribution in [1.82, 2.24) is 4.90 Å². The highest BCUT2D eigenvalue weighted by atomic mass is 32.1. The Morgan fingerprint density at radius 1 is 0.900 bits per heavy atom. The lowest BCUT2D eigenvalue weighted by molar-refractivity contribution is -0.148. The number of hydrogen-bond acceptors (Lipinski definition) is 5. The van der Waals surface area contributed by atoms with Crippen molar-refractivity contribution >= 4 is 34.9 Å². The van der Waals surface area contributed by atoms with E-state index in [4.69, 9.17) is 21.7 Å². The Morgan fingerprint density at radius 3 is 2.00 bits per heavy atom. The largest absolute Gasteiger partial charge is 0.496 e. The second-order valence-electron chi connectivity index (χ2n) is 10.9. The topological polar surface area (TPSA) is 68.2 Å². The van der Waals surface area contributed by atoms with Crippen LogP contribution in [0.4, 0.5) is 0 Å². The summed E-state index contributed by atoms with van der Waals surface area (Å²) in [6.45, 7) is 7.88. The smallest absolute Gasteiger partial charge is 0.317 e. The van der Waals surface area contributed by atoms with E-state index in [2.05, 4.69) is 18.0 Å². The first-order chi connectivity index (χ1) is 19.4. The maximum atomic E-state index is 13.2. The van der Waals surface area contributed by atoms with Crippen molar-refractivity contribution < 1.29 is 19.1 Å². The Labute approximate surface area is 248 Å². The third-order valence-corrected chi connectivity index (χ3v) is 8.14. The number of methoxy groups -OCH3 is 1. The third-order valence-electron chi connectivity index (χ3n) is 7.86. The first-order valence-corrected chi connectivity index (χ1v) is 16.1. The van der Waals surface area contributed by atoms with Crippen molar-refractivity contribution in [3.8, 4) is 5.75 Å². The van der Waals surface area contributed by atoms with E-state index in [9.17, 15) is 9.59 Å². The molecule has 0 saturated heterocycles. The normalized spacial score (nSPS) is 17.1. The molecule has 0 N–H and O–H groups in total. The van der Waals surface area contributed by atoms with Crippen molar-refractivity contribution in [2.24, 2.45) is 10.9 Å². The first-order valence-electron chi connectivity index (χ1n) is 15.6. The Hall–Kier alpha value is -2.28. The molecule has 0 spiro atoms. The fraction of sp³-hybridized carbons (Fsp3) is 0.697. The number of ether oxygens (including phenoxy) is 2. The molecule has 1 heterocycles. The average molecular weight is 573 g/mol. The number of aliphatic imine (C=N–C) groups is 1. The SMILES string of the molecule is CCCCCCCCCCCCCCCc1cccc(OC)c1C1C(C(=O)OCC)C(C)=NC(=S)N1C(=O)CC. The summed E-state index contributed by atoms with van der Waals surface area (Å²) in [5, 5.41) is 0.188. The molecular formula is C33H52N2O4S. The van der Waals surface area contributed by atoms with E-state index in [-0.39, 0.29) is 24.0 Å². The molecule has 6 nitrogen and oxygen atoms in total. The summed E-state index contributed by atoms with van der Waals surface area (Å²) in [4.78, 5) is 32.3. The zero-order chi connectivity index (χ0) is 29.3. The van der Waals surface area contributed by atoms with E-state index in [1.165, 1.54) is 75.5 Å². The second kappa shape index (κ2) is 19.0. The maximum absolute atomic E-state index is 13.2. The van der Waals surface area contributed by atoms with Gasteiger partial charge in [-0.1, -0.05) is 103 Å². The molecule has 0 aromatic heterocycles. The Morgan fingerprint density at radius 2 is 1.48 bits per heavy atom. The Kier molecular flexibility index (Phi) is 16.1. The highest BCUT2D eigenvalue weighted by Gasteiger charge is 2.45. The quantitative estimate of drug-likeness (QED) is 0.0944. The van der Waals surface area contributed by atoms with Crippen LogP contribution in [0.3, 0.4) is 0 Å². The number of benzene rings is 1. The van der Waals surface area contributed by atoms with Gasteiger partial charge in [0.05, 0.1) is 19.8 Å². The molecule has 1 aromatic rings. The fourth-order valence-electron chi connectivity index (χ4n) is 5.68. The summed E-state index contributed by atoms with van der Waals surface area (Å²) < 4.78 is 11.3. The minimum absolute atomic E-state index is 0.168. The van der Waals surface area contributed by atoms with Crippen molar-refractivity contribution in [2.75, 3.05) is 13.7 Å². The molecular weight excluding hydrogens is 520 g/mol. The number of thiocarbonyl (C=S) groups is 1. The molecule has 0 aliphatic carbocycles. The highest BCUT2D eigenvalue weighted by molar-refractivity contribution is 7.80. The van der Waals surface area contributed by atoms with E-state index in [0.717, 1.165) is 30.4 Å². The molecule has 0 fully saturated rings. The van der Waals surface area contributed by atoms with Crippen molar-refractivity contribution in [3.05, 3.63) is 29.3 Å². The lowest BCUT2D eigenvalue weighted by Gasteiger charge is -2.40. The van der Waals surface area contributed by atoms with Crippen LogP contribution in [0.15, 0.2) is 23.2 Å². The number of carbonyl (C=O) groups is 2. The van der Waals surface area contributed by atoms with Crippen LogP contribution < -0.4 is 4.74 Å². The highest BCUT2D eigenvalue weighted by Crippen LogP contribution is 2.42. The van der Waals surface area contributed by atoms with E-state index in [1.54, 1.807) is 27.9 Å². The predicted molar refractivity (Wildman–Crippen MR) is 168 cm³/mol. The molecule has 40 heavy (non-hydrogen) atoms. The fourth-order valence-corrected chi connectivity index (χ4v) is 6.04. The van der Waals surface area contributed by atoms with Gasteiger partial charge in [-0.2, -0.15) is 0 Å². The van der Waals surface area contributed by atoms with Gasteiger partial charge < -0.3 is 9.47 Å². The molecule has 7 heteroatoms. The molecule has 2 rings (SSSR count). The Bertz CT molecular complexity index is 977. The standard InChI is InChI=1S/C33H52N2O4S/c1-6-9-10-11-12-13-14-15-16-17-18-19-20-22-26-23-21-24-27(38-5)30(26)31-29(32(37)39-8-3)25(4)34-33(40)35(31)28(36)7-2/h21,23-24,29,31H,6-20,22H2,1-5H3. The monoisotopic (exact) mass is 572 g/mol. The van der Waals surface area contributed by atoms with Crippen LogP contribution in [-0.2, 0) is 20.7 Å². The Balaban J connectivity index is 2.09. The number of hydrogen-bond donors (Lipinski definition) is 0. The number of unbranched alkanes of at least 4 members (excludes halogenated alkanes) is 12. The summed E-state index contributed by atoms with van der Waals surface area (Å²) in [6.07, 6.45) is 18.0. The van der Waals surface area contributed by atoms with Crippen molar-refractivity contribution in [1.29, 1.82) is 0 Å². The molecule has 1 aliphatic heterocycles. The molecule has 1 aliphatic rings. The minimum Gasteiger partial charge on any atom is -0.496 e. The molecule has 2 atom stereocenters. The van der Waals surface area contributed by atoms with Gasteiger partial charge in [0.15, 0.2) is 0 Å². The molecule has 1 aromatic carbocycles. The van der Waals surface area contributed by atoms with Crippen LogP contribution in [0.25, 0.3) is 0 Å². The van der Waals surface area contributed by atoms with E-state index in [0.29, 0.717) is 11.5 Å².